The van der Waals surface area contributed by atoms with E-state index in [1.807, 2.05) is 31.1 Å². The van der Waals surface area contributed by atoms with Gasteiger partial charge in [0, 0.05) is 25.9 Å². The van der Waals surface area contributed by atoms with Crippen molar-refractivity contribution in [1.82, 2.24) is 4.98 Å². The van der Waals surface area contributed by atoms with Crippen LogP contribution < -0.4 is 4.90 Å². The predicted octanol–water partition coefficient (Wildman–Crippen LogP) is 1.06. The average molecular weight is 189 g/mol. The summed E-state index contributed by atoms with van der Waals surface area (Å²) in [6, 6.07) is 3.68. The van der Waals surface area contributed by atoms with E-state index in [-0.39, 0.29) is 19.0 Å². The van der Waals surface area contributed by atoms with E-state index >= 15 is 0 Å². The predicted molar refractivity (Wildman–Crippen MR) is 51.7 cm³/mol. The number of hydrogen-bond donors (Lipinski definition) is 1. The van der Waals surface area contributed by atoms with Gasteiger partial charge in [0.1, 0.15) is 5.82 Å². The minimum absolute atomic E-state index is 0. The highest BCUT2D eigenvalue weighted by atomic mass is 35.5. The fraction of sp³-hybridized carbons (Fsp3) is 0.375. The maximum absolute atomic E-state index is 8.90. The summed E-state index contributed by atoms with van der Waals surface area (Å²) in [7, 11) is 3.81. The van der Waals surface area contributed by atoms with E-state index in [1.165, 1.54) is 0 Å². The van der Waals surface area contributed by atoms with Crippen LogP contribution in [0.3, 0.4) is 0 Å². The van der Waals surface area contributed by atoms with Crippen molar-refractivity contribution in [3.63, 3.8) is 0 Å². The zero-order valence-corrected chi connectivity index (χ0v) is 8.01. The first-order valence-corrected chi connectivity index (χ1v) is 3.47. The summed E-state index contributed by atoms with van der Waals surface area (Å²) in [6.07, 6.45) is 1.72. The van der Waals surface area contributed by atoms with Crippen LogP contribution in [0.4, 0.5) is 5.82 Å². The Hall–Kier alpha value is -0.800. The number of nitrogens with zero attached hydrogens (tertiary/aromatic N) is 2. The molecule has 0 unspecified atom stereocenters. The number of hydrogen-bond acceptors (Lipinski definition) is 3. The second kappa shape index (κ2) is 4.95. The van der Waals surface area contributed by atoms with Crippen molar-refractivity contribution >= 4 is 18.2 Å². The Morgan fingerprint density at radius 1 is 1.50 bits per heavy atom. The normalized spacial score (nSPS) is 8.92. The molecular formula is C8H13ClN2O. The standard InChI is InChI=1S/C8H12N2O.ClH/c1-10(2)8-7(6-11)4-3-5-9-8;/h3-5,11H,6H2,1-2H3;1H. The summed E-state index contributed by atoms with van der Waals surface area (Å²) in [5, 5.41) is 8.90. The van der Waals surface area contributed by atoms with E-state index in [2.05, 4.69) is 4.98 Å². The second-order valence-corrected chi connectivity index (χ2v) is 2.54. The van der Waals surface area contributed by atoms with Crippen LogP contribution in [0.1, 0.15) is 5.56 Å². The first-order valence-electron chi connectivity index (χ1n) is 3.47. The Morgan fingerprint density at radius 2 is 2.17 bits per heavy atom. The highest BCUT2D eigenvalue weighted by Crippen LogP contribution is 2.13. The van der Waals surface area contributed by atoms with Gasteiger partial charge >= 0.3 is 0 Å². The van der Waals surface area contributed by atoms with E-state index in [4.69, 9.17) is 5.11 Å². The van der Waals surface area contributed by atoms with Gasteiger partial charge in [-0.2, -0.15) is 0 Å². The van der Waals surface area contributed by atoms with E-state index in [0.29, 0.717) is 0 Å². The van der Waals surface area contributed by atoms with Crippen molar-refractivity contribution in [1.29, 1.82) is 0 Å². The number of aliphatic hydroxyl groups is 1. The highest BCUT2D eigenvalue weighted by molar-refractivity contribution is 5.85. The number of pyridine rings is 1. The molecule has 0 fully saturated rings. The van der Waals surface area contributed by atoms with Gasteiger partial charge in [0.05, 0.1) is 6.61 Å². The van der Waals surface area contributed by atoms with Gasteiger partial charge in [0.15, 0.2) is 0 Å². The van der Waals surface area contributed by atoms with E-state index < -0.39 is 0 Å². The summed E-state index contributed by atoms with van der Waals surface area (Å²) >= 11 is 0. The monoisotopic (exact) mass is 188 g/mol. The quantitative estimate of drug-likeness (QED) is 0.754. The van der Waals surface area contributed by atoms with Gasteiger partial charge in [-0.15, -0.1) is 12.4 Å². The molecule has 1 N–H and O–H groups in total. The van der Waals surface area contributed by atoms with Gasteiger partial charge in [-0.1, -0.05) is 6.07 Å². The van der Waals surface area contributed by atoms with Gasteiger partial charge in [-0.05, 0) is 6.07 Å². The van der Waals surface area contributed by atoms with Crippen LogP contribution in [0.2, 0.25) is 0 Å². The molecule has 12 heavy (non-hydrogen) atoms. The maximum atomic E-state index is 8.90. The van der Waals surface area contributed by atoms with Crippen LogP contribution in [-0.4, -0.2) is 24.2 Å². The van der Waals surface area contributed by atoms with Crippen molar-refractivity contribution in [2.75, 3.05) is 19.0 Å². The molecule has 1 rings (SSSR count). The second-order valence-electron chi connectivity index (χ2n) is 2.54. The molecule has 0 bridgehead atoms. The van der Waals surface area contributed by atoms with Crippen LogP contribution in [0.5, 0.6) is 0 Å². The topological polar surface area (TPSA) is 36.4 Å². The van der Waals surface area contributed by atoms with Gasteiger partial charge in [-0.3, -0.25) is 0 Å². The van der Waals surface area contributed by atoms with Crippen molar-refractivity contribution < 1.29 is 5.11 Å². The number of aliphatic hydroxyl groups excluding tert-OH is 1. The molecule has 0 saturated heterocycles. The third-order valence-corrected chi connectivity index (χ3v) is 1.46. The average Bonchev–Trinajstić information content (AvgIpc) is 2.04. The largest absolute Gasteiger partial charge is 0.392 e. The van der Waals surface area contributed by atoms with Crippen LogP contribution >= 0.6 is 12.4 Å². The smallest absolute Gasteiger partial charge is 0.133 e. The zero-order chi connectivity index (χ0) is 8.27. The molecule has 4 heteroatoms. The Balaban J connectivity index is 0.00000121. The van der Waals surface area contributed by atoms with Crippen molar-refractivity contribution in [2.24, 2.45) is 0 Å². The molecule has 0 aliphatic carbocycles. The molecule has 1 aromatic rings. The molecule has 0 amide bonds. The lowest BCUT2D eigenvalue weighted by atomic mass is 10.2. The Morgan fingerprint density at radius 3 is 2.58 bits per heavy atom. The lowest BCUT2D eigenvalue weighted by Crippen LogP contribution is -2.12. The summed E-state index contributed by atoms with van der Waals surface area (Å²) in [4.78, 5) is 6.00. The molecule has 0 atom stereocenters. The molecule has 0 spiro atoms. The molecule has 0 aliphatic heterocycles. The van der Waals surface area contributed by atoms with Crippen molar-refractivity contribution in [2.45, 2.75) is 6.61 Å². The first kappa shape index (κ1) is 11.2. The van der Waals surface area contributed by atoms with Crippen LogP contribution in [0.25, 0.3) is 0 Å². The van der Waals surface area contributed by atoms with Crippen molar-refractivity contribution in [3.8, 4) is 0 Å². The summed E-state index contributed by atoms with van der Waals surface area (Å²) in [5.41, 5.74) is 0.859. The van der Waals surface area contributed by atoms with Gasteiger partial charge < -0.3 is 10.0 Å². The van der Waals surface area contributed by atoms with Crippen LogP contribution in [0.15, 0.2) is 18.3 Å². The van der Waals surface area contributed by atoms with E-state index in [0.717, 1.165) is 11.4 Å². The molecule has 0 aliphatic rings. The molecule has 1 aromatic heterocycles. The van der Waals surface area contributed by atoms with Crippen molar-refractivity contribution in [3.05, 3.63) is 23.9 Å². The molecule has 68 valence electrons. The molecule has 0 saturated carbocycles. The van der Waals surface area contributed by atoms with Gasteiger partial charge in [0.25, 0.3) is 0 Å². The molecular weight excluding hydrogens is 176 g/mol. The molecule has 3 nitrogen and oxygen atoms in total. The fourth-order valence-corrected chi connectivity index (χ4v) is 0.956. The summed E-state index contributed by atoms with van der Waals surface area (Å²) < 4.78 is 0. The zero-order valence-electron chi connectivity index (χ0n) is 7.19. The number of halogens is 1. The van der Waals surface area contributed by atoms with E-state index in [9.17, 15) is 0 Å². The first-order chi connectivity index (χ1) is 5.25. The molecule has 0 radical (unpaired) electrons. The number of aromatic nitrogens is 1. The molecule has 0 aromatic carbocycles. The SMILES string of the molecule is CN(C)c1ncccc1CO.Cl. The Kier molecular flexibility index (Phi) is 4.62. The van der Waals surface area contributed by atoms with Crippen LogP contribution in [0, 0.1) is 0 Å². The van der Waals surface area contributed by atoms with E-state index in [1.54, 1.807) is 6.20 Å². The fourth-order valence-electron chi connectivity index (χ4n) is 0.956. The Labute approximate surface area is 78.5 Å². The Bertz CT molecular complexity index is 240. The lowest BCUT2D eigenvalue weighted by Gasteiger charge is -2.13. The highest BCUT2D eigenvalue weighted by Gasteiger charge is 2.01. The van der Waals surface area contributed by atoms with Crippen LogP contribution in [-0.2, 0) is 6.61 Å². The summed E-state index contributed by atoms with van der Waals surface area (Å²) in [6.45, 7) is 0.0430. The minimum Gasteiger partial charge on any atom is -0.392 e. The third-order valence-electron chi connectivity index (χ3n) is 1.46. The van der Waals surface area contributed by atoms with Gasteiger partial charge in [-0.25, -0.2) is 4.98 Å². The summed E-state index contributed by atoms with van der Waals surface area (Å²) in [5.74, 6) is 0.829. The number of rotatable bonds is 2. The molecule has 1 heterocycles. The lowest BCUT2D eigenvalue weighted by molar-refractivity contribution is 0.282. The van der Waals surface area contributed by atoms with Gasteiger partial charge in [0.2, 0.25) is 0 Å². The maximum Gasteiger partial charge on any atom is 0.133 e. The number of anilines is 1. The third kappa shape index (κ3) is 2.36. The minimum atomic E-state index is 0.